The Hall–Kier alpha value is -0.340. The Morgan fingerprint density at radius 3 is 2.90 bits per heavy atom. The molecule has 0 saturated carbocycles. The number of benzene rings is 1. The zero-order valence-electron chi connectivity index (χ0n) is 11.0. The number of sulfonamides is 1. The van der Waals surface area contributed by atoms with Crippen LogP contribution in [0.5, 0.6) is 0 Å². The van der Waals surface area contributed by atoms with Crippen LogP contribution in [0.1, 0.15) is 13.3 Å². The molecule has 1 aromatic carbocycles. The maximum atomic E-state index is 12.7. The summed E-state index contributed by atoms with van der Waals surface area (Å²) in [4.78, 5) is 0.0965. The minimum Gasteiger partial charge on any atom is -0.398 e. The number of anilines is 1. The van der Waals surface area contributed by atoms with E-state index in [4.69, 9.17) is 22.1 Å². The normalized spacial score (nSPS) is 21.1. The maximum Gasteiger partial charge on any atom is 0.244 e. The molecule has 2 N–H and O–H groups in total. The van der Waals surface area contributed by atoms with Crippen molar-refractivity contribution in [3.8, 4) is 0 Å². The molecular weight excluding hydrogens is 368 g/mol. The summed E-state index contributed by atoms with van der Waals surface area (Å²) in [6.07, 6.45) is 0.694. The number of nitrogens with zero attached hydrogens (tertiary/aromatic N) is 1. The molecule has 0 spiro atoms. The van der Waals surface area contributed by atoms with Crippen LogP contribution in [0.25, 0.3) is 0 Å². The topological polar surface area (TPSA) is 72.6 Å². The lowest BCUT2D eigenvalue weighted by Gasteiger charge is -2.32. The van der Waals surface area contributed by atoms with Gasteiger partial charge in [0.1, 0.15) is 0 Å². The van der Waals surface area contributed by atoms with E-state index >= 15 is 0 Å². The monoisotopic (exact) mass is 382 g/mol. The van der Waals surface area contributed by atoms with Gasteiger partial charge in [-0.15, -0.1) is 0 Å². The quantitative estimate of drug-likeness (QED) is 0.814. The van der Waals surface area contributed by atoms with Gasteiger partial charge in [-0.2, -0.15) is 4.31 Å². The molecule has 1 fully saturated rings. The van der Waals surface area contributed by atoms with Gasteiger partial charge in [0, 0.05) is 23.8 Å². The molecule has 0 radical (unpaired) electrons. The second kappa shape index (κ2) is 6.19. The number of ether oxygens (including phenoxy) is 1. The molecule has 0 aliphatic carbocycles. The molecule has 2 rings (SSSR count). The van der Waals surface area contributed by atoms with Gasteiger partial charge in [-0.1, -0.05) is 18.5 Å². The Balaban J connectivity index is 2.40. The van der Waals surface area contributed by atoms with Crippen molar-refractivity contribution in [3.63, 3.8) is 0 Å². The van der Waals surface area contributed by atoms with E-state index in [1.54, 1.807) is 0 Å². The first-order valence-electron chi connectivity index (χ1n) is 6.22. The van der Waals surface area contributed by atoms with E-state index < -0.39 is 10.0 Å². The standard InChI is InChI=1S/C12H16BrClN2O3S/c1-2-9-7-16(3-4-19-9)20(17,18)11-6-8(14)5-10(15)12(11)13/h5-6,9H,2-4,7,15H2,1H3. The van der Waals surface area contributed by atoms with Crippen molar-refractivity contribution in [2.75, 3.05) is 25.4 Å². The van der Waals surface area contributed by atoms with Crippen molar-refractivity contribution in [2.45, 2.75) is 24.3 Å². The average molecular weight is 384 g/mol. The summed E-state index contributed by atoms with van der Waals surface area (Å²) in [6, 6.07) is 2.92. The summed E-state index contributed by atoms with van der Waals surface area (Å²) in [5, 5.41) is 0.296. The van der Waals surface area contributed by atoms with Gasteiger partial charge in [-0.05, 0) is 34.5 Å². The number of morpholine rings is 1. The summed E-state index contributed by atoms with van der Waals surface area (Å²) in [5.74, 6) is 0. The molecule has 1 saturated heterocycles. The van der Waals surface area contributed by atoms with Crippen LogP contribution in [0.15, 0.2) is 21.5 Å². The highest BCUT2D eigenvalue weighted by molar-refractivity contribution is 9.10. The SMILES string of the molecule is CCC1CN(S(=O)(=O)c2cc(Cl)cc(N)c2Br)CCO1. The van der Waals surface area contributed by atoms with E-state index in [9.17, 15) is 8.42 Å². The summed E-state index contributed by atoms with van der Waals surface area (Å²) in [5.41, 5.74) is 6.06. The Bertz CT molecular complexity index is 609. The van der Waals surface area contributed by atoms with Crippen molar-refractivity contribution in [3.05, 3.63) is 21.6 Å². The van der Waals surface area contributed by atoms with Crippen LogP contribution in [0, 0.1) is 0 Å². The van der Waals surface area contributed by atoms with Crippen LogP contribution in [-0.2, 0) is 14.8 Å². The Kier molecular flexibility index (Phi) is 4.96. The molecule has 20 heavy (non-hydrogen) atoms. The first-order chi connectivity index (χ1) is 9.36. The Morgan fingerprint density at radius 2 is 2.25 bits per heavy atom. The van der Waals surface area contributed by atoms with Crippen LogP contribution in [0.3, 0.4) is 0 Å². The fraction of sp³-hybridized carbons (Fsp3) is 0.500. The third-order valence-corrected chi connectivity index (χ3v) is 6.46. The zero-order chi connectivity index (χ0) is 14.9. The van der Waals surface area contributed by atoms with Crippen molar-refractivity contribution < 1.29 is 13.2 Å². The summed E-state index contributed by atoms with van der Waals surface area (Å²) in [7, 11) is -3.64. The van der Waals surface area contributed by atoms with Crippen molar-refractivity contribution in [1.82, 2.24) is 4.31 Å². The number of nitrogens with two attached hydrogens (primary N) is 1. The maximum absolute atomic E-state index is 12.7. The third kappa shape index (κ3) is 3.12. The lowest BCUT2D eigenvalue weighted by Crippen LogP contribution is -2.45. The lowest BCUT2D eigenvalue weighted by atomic mass is 10.2. The van der Waals surface area contributed by atoms with Gasteiger partial charge >= 0.3 is 0 Å². The second-order valence-corrected chi connectivity index (χ2v) is 7.71. The molecule has 1 unspecified atom stereocenters. The fourth-order valence-corrected chi connectivity index (χ4v) is 4.78. The predicted molar refractivity (Wildman–Crippen MR) is 82.4 cm³/mol. The van der Waals surface area contributed by atoms with E-state index in [2.05, 4.69) is 15.9 Å². The van der Waals surface area contributed by atoms with Gasteiger partial charge < -0.3 is 10.5 Å². The van der Waals surface area contributed by atoms with Crippen LogP contribution < -0.4 is 5.73 Å². The molecule has 0 amide bonds. The molecule has 1 heterocycles. The largest absolute Gasteiger partial charge is 0.398 e. The molecule has 5 nitrogen and oxygen atoms in total. The van der Waals surface area contributed by atoms with Crippen LogP contribution >= 0.6 is 27.5 Å². The number of hydrogen-bond acceptors (Lipinski definition) is 4. The van der Waals surface area contributed by atoms with E-state index in [-0.39, 0.29) is 11.0 Å². The van der Waals surface area contributed by atoms with E-state index in [1.807, 2.05) is 6.92 Å². The first-order valence-corrected chi connectivity index (χ1v) is 8.83. The summed E-state index contributed by atoms with van der Waals surface area (Å²) < 4.78 is 32.7. The molecule has 112 valence electrons. The Morgan fingerprint density at radius 1 is 1.55 bits per heavy atom. The van der Waals surface area contributed by atoms with Gasteiger partial charge in [0.05, 0.1) is 22.1 Å². The molecule has 8 heteroatoms. The summed E-state index contributed by atoms with van der Waals surface area (Å²) in [6.45, 7) is 3.04. The van der Waals surface area contributed by atoms with Gasteiger partial charge in [-0.3, -0.25) is 0 Å². The first kappa shape index (κ1) is 16.0. The Labute approximate surface area is 132 Å². The molecular formula is C12H16BrClN2O3S. The minimum atomic E-state index is -3.64. The molecule has 0 bridgehead atoms. The number of rotatable bonds is 3. The number of nitrogen functional groups attached to an aromatic ring is 1. The van der Waals surface area contributed by atoms with E-state index in [0.717, 1.165) is 6.42 Å². The van der Waals surface area contributed by atoms with Crippen molar-refractivity contribution >= 4 is 43.2 Å². The highest BCUT2D eigenvalue weighted by Crippen LogP contribution is 2.33. The minimum absolute atomic E-state index is 0.0752. The average Bonchev–Trinajstić information content (AvgIpc) is 2.42. The third-order valence-electron chi connectivity index (χ3n) is 3.21. The lowest BCUT2D eigenvalue weighted by molar-refractivity contribution is -0.00278. The highest BCUT2D eigenvalue weighted by Gasteiger charge is 2.32. The van der Waals surface area contributed by atoms with Gasteiger partial charge in [-0.25, -0.2) is 8.42 Å². The molecule has 1 aliphatic rings. The molecule has 1 aliphatic heterocycles. The van der Waals surface area contributed by atoms with E-state index in [0.29, 0.717) is 34.9 Å². The van der Waals surface area contributed by atoms with Crippen LogP contribution in [0.2, 0.25) is 5.02 Å². The van der Waals surface area contributed by atoms with Crippen LogP contribution in [-0.4, -0.2) is 38.5 Å². The molecule has 1 atom stereocenters. The molecule has 0 aromatic heterocycles. The number of halogens is 2. The predicted octanol–water partition coefficient (Wildman–Crippen LogP) is 2.48. The fourth-order valence-electron chi connectivity index (χ4n) is 2.07. The van der Waals surface area contributed by atoms with E-state index in [1.165, 1.54) is 16.4 Å². The van der Waals surface area contributed by atoms with Gasteiger partial charge in [0.2, 0.25) is 10.0 Å². The molecule has 1 aromatic rings. The van der Waals surface area contributed by atoms with Crippen molar-refractivity contribution in [2.24, 2.45) is 0 Å². The van der Waals surface area contributed by atoms with Gasteiger partial charge in [0.25, 0.3) is 0 Å². The van der Waals surface area contributed by atoms with Crippen LogP contribution in [0.4, 0.5) is 5.69 Å². The highest BCUT2D eigenvalue weighted by atomic mass is 79.9. The summed E-state index contributed by atoms with van der Waals surface area (Å²) >= 11 is 9.14. The van der Waals surface area contributed by atoms with Gasteiger partial charge in [0.15, 0.2) is 0 Å². The zero-order valence-corrected chi connectivity index (χ0v) is 14.1. The second-order valence-electron chi connectivity index (χ2n) is 4.57. The number of hydrogen-bond donors (Lipinski definition) is 1. The van der Waals surface area contributed by atoms with Crippen molar-refractivity contribution in [1.29, 1.82) is 0 Å². The smallest absolute Gasteiger partial charge is 0.244 e.